The normalized spacial score (nSPS) is 21.7. The number of nitrogens with zero attached hydrogens (tertiary/aromatic N) is 3. The third-order valence-electron chi connectivity index (χ3n) is 8.97. The molecule has 0 radical (unpaired) electrons. The standard InChI is InChI=1S/C27H34N4OS/c1-17-14-18(2)29-24-20(17)21(19-15-28-31(3)16-19)22(33-24)23(32)30-25-26(10-6-4-7-11-26)27(25)12-8-5-9-13-27/h14-16,25H,4-13H2,1-3H3,(H,30,32). The van der Waals surface area contributed by atoms with Gasteiger partial charge in [0.05, 0.1) is 6.20 Å². The number of pyridine rings is 1. The number of thiophene rings is 1. The lowest BCUT2D eigenvalue weighted by Gasteiger charge is -2.31. The van der Waals surface area contributed by atoms with Gasteiger partial charge in [-0.05, 0) is 62.0 Å². The largest absolute Gasteiger partial charge is 0.347 e. The summed E-state index contributed by atoms with van der Waals surface area (Å²) in [5.74, 6) is 0.0892. The Hall–Kier alpha value is -2.21. The molecular formula is C27H34N4OS. The molecule has 3 aromatic rings. The molecule has 3 saturated carbocycles. The van der Waals surface area contributed by atoms with Crippen LogP contribution in [0.4, 0.5) is 0 Å². The summed E-state index contributed by atoms with van der Waals surface area (Å²) in [4.78, 5) is 20.5. The van der Waals surface area contributed by atoms with E-state index in [0.29, 0.717) is 16.9 Å². The maximum absolute atomic E-state index is 14.0. The number of rotatable bonds is 3. The number of aryl methyl sites for hydroxylation is 3. The Balaban J connectivity index is 1.41. The van der Waals surface area contributed by atoms with Crippen molar-refractivity contribution >= 4 is 27.5 Å². The molecule has 0 saturated heterocycles. The van der Waals surface area contributed by atoms with Gasteiger partial charge in [0, 0.05) is 41.5 Å². The van der Waals surface area contributed by atoms with Crippen LogP contribution in [0, 0.1) is 24.7 Å². The van der Waals surface area contributed by atoms with Crippen LogP contribution in [0.2, 0.25) is 0 Å². The van der Waals surface area contributed by atoms with Gasteiger partial charge >= 0.3 is 0 Å². The molecule has 174 valence electrons. The van der Waals surface area contributed by atoms with Crippen molar-refractivity contribution in [1.29, 1.82) is 0 Å². The van der Waals surface area contributed by atoms with Gasteiger partial charge in [-0.15, -0.1) is 11.3 Å². The molecule has 0 aliphatic heterocycles. The number of hydrogen-bond donors (Lipinski definition) is 1. The molecule has 3 aliphatic carbocycles. The Morgan fingerprint density at radius 2 is 1.70 bits per heavy atom. The topological polar surface area (TPSA) is 59.8 Å². The lowest BCUT2D eigenvalue weighted by atomic mass is 9.73. The number of fused-ring (bicyclic) bond motifs is 2. The Morgan fingerprint density at radius 3 is 2.27 bits per heavy atom. The molecular weight excluding hydrogens is 428 g/mol. The van der Waals surface area contributed by atoms with E-state index >= 15 is 0 Å². The second-order valence-corrected chi connectivity index (χ2v) is 11.8. The minimum absolute atomic E-state index is 0.0892. The summed E-state index contributed by atoms with van der Waals surface area (Å²) < 4.78 is 1.81. The summed E-state index contributed by atoms with van der Waals surface area (Å²) in [6.07, 6.45) is 17.0. The van der Waals surface area contributed by atoms with Gasteiger partial charge in [-0.2, -0.15) is 5.10 Å². The van der Waals surface area contributed by atoms with Gasteiger partial charge in [-0.1, -0.05) is 38.5 Å². The molecule has 1 N–H and O–H groups in total. The Bertz CT molecular complexity index is 1200. The maximum Gasteiger partial charge on any atom is 0.262 e. The lowest BCUT2D eigenvalue weighted by Crippen LogP contribution is -2.31. The summed E-state index contributed by atoms with van der Waals surface area (Å²) in [7, 11) is 1.93. The van der Waals surface area contributed by atoms with Crippen molar-refractivity contribution in [3.05, 3.63) is 34.6 Å². The van der Waals surface area contributed by atoms with Crippen LogP contribution in [-0.2, 0) is 7.05 Å². The van der Waals surface area contributed by atoms with Crippen molar-refractivity contribution in [2.24, 2.45) is 17.9 Å². The molecule has 0 bridgehead atoms. The monoisotopic (exact) mass is 462 g/mol. The van der Waals surface area contributed by atoms with Crippen molar-refractivity contribution in [3.63, 3.8) is 0 Å². The van der Waals surface area contributed by atoms with Crippen molar-refractivity contribution in [1.82, 2.24) is 20.1 Å². The fourth-order valence-electron chi connectivity index (χ4n) is 7.58. The molecule has 6 rings (SSSR count). The molecule has 6 heteroatoms. The van der Waals surface area contributed by atoms with Crippen LogP contribution in [0.3, 0.4) is 0 Å². The summed E-state index contributed by atoms with van der Waals surface area (Å²) in [5.41, 5.74) is 4.86. The van der Waals surface area contributed by atoms with Crippen molar-refractivity contribution in [3.8, 4) is 11.1 Å². The van der Waals surface area contributed by atoms with Crippen LogP contribution in [-0.4, -0.2) is 26.7 Å². The highest BCUT2D eigenvalue weighted by molar-refractivity contribution is 7.21. The molecule has 5 nitrogen and oxygen atoms in total. The molecule has 0 aromatic carbocycles. The minimum Gasteiger partial charge on any atom is -0.347 e. The summed E-state index contributed by atoms with van der Waals surface area (Å²) in [6, 6.07) is 2.45. The first-order chi connectivity index (χ1) is 15.9. The summed E-state index contributed by atoms with van der Waals surface area (Å²) in [5, 5.41) is 9.12. The third kappa shape index (κ3) is 3.13. The van der Waals surface area contributed by atoms with Crippen molar-refractivity contribution in [2.75, 3.05) is 0 Å². The third-order valence-corrected chi connectivity index (χ3v) is 10.0. The first-order valence-corrected chi connectivity index (χ1v) is 13.5. The zero-order valence-electron chi connectivity index (χ0n) is 20.0. The van der Waals surface area contributed by atoms with E-state index in [1.165, 1.54) is 69.8 Å². The Kier molecular flexibility index (Phi) is 4.95. The van der Waals surface area contributed by atoms with Gasteiger partial charge in [0.25, 0.3) is 5.91 Å². The van der Waals surface area contributed by atoms with E-state index in [0.717, 1.165) is 31.9 Å². The number of aromatic nitrogens is 3. The Morgan fingerprint density at radius 1 is 1.06 bits per heavy atom. The van der Waals surface area contributed by atoms with E-state index in [9.17, 15) is 4.79 Å². The smallest absolute Gasteiger partial charge is 0.262 e. The fourth-order valence-corrected chi connectivity index (χ4v) is 8.80. The molecule has 2 spiro atoms. The number of hydrogen-bond acceptors (Lipinski definition) is 4. The number of carbonyl (C=O) groups excluding carboxylic acids is 1. The van der Waals surface area contributed by atoms with E-state index in [1.54, 1.807) is 11.3 Å². The molecule has 0 unspecified atom stereocenters. The summed E-state index contributed by atoms with van der Waals surface area (Å²) in [6.45, 7) is 4.15. The van der Waals surface area contributed by atoms with E-state index in [1.807, 2.05) is 31.0 Å². The maximum atomic E-state index is 14.0. The lowest BCUT2D eigenvalue weighted by molar-refractivity contribution is 0.0944. The zero-order chi connectivity index (χ0) is 22.8. The van der Waals surface area contributed by atoms with Crippen LogP contribution >= 0.6 is 11.3 Å². The van der Waals surface area contributed by atoms with E-state index < -0.39 is 0 Å². The van der Waals surface area contributed by atoms with E-state index in [-0.39, 0.29) is 5.91 Å². The van der Waals surface area contributed by atoms with Crippen LogP contribution < -0.4 is 5.32 Å². The van der Waals surface area contributed by atoms with Gasteiger partial charge in [0.2, 0.25) is 0 Å². The van der Waals surface area contributed by atoms with Gasteiger partial charge in [0.15, 0.2) is 0 Å². The predicted octanol–water partition coefficient (Wildman–Crippen LogP) is 6.33. The van der Waals surface area contributed by atoms with Gasteiger partial charge in [-0.3, -0.25) is 9.48 Å². The molecule has 0 atom stereocenters. The van der Waals surface area contributed by atoms with Crippen LogP contribution in [0.15, 0.2) is 18.5 Å². The van der Waals surface area contributed by atoms with Gasteiger partial charge in [0.1, 0.15) is 9.71 Å². The molecule has 3 aromatic heterocycles. The van der Waals surface area contributed by atoms with Crippen LogP contribution in [0.25, 0.3) is 21.3 Å². The fraction of sp³-hybridized carbons (Fsp3) is 0.593. The quantitative estimate of drug-likeness (QED) is 0.495. The van der Waals surface area contributed by atoms with Crippen molar-refractivity contribution < 1.29 is 4.79 Å². The summed E-state index contributed by atoms with van der Waals surface area (Å²) >= 11 is 1.54. The molecule has 1 amide bonds. The zero-order valence-corrected chi connectivity index (χ0v) is 20.9. The minimum atomic E-state index is 0.0892. The SMILES string of the molecule is Cc1cc(C)c2c(-c3cnn(C)c3)c(C(=O)NC3C4(CCCCC4)C34CCCCC4)sc2n1. The first-order valence-electron chi connectivity index (χ1n) is 12.7. The highest BCUT2D eigenvalue weighted by Gasteiger charge is 2.75. The number of nitrogens with one attached hydrogen (secondary N) is 1. The predicted molar refractivity (Wildman–Crippen MR) is 134 cm³/mol. The van der Waals surface area contributed by atoms with Gasteiger partial charge in [-0.25, -0.2) is 4.98 Å². The van der Waals surface area contributed by atoms with Gasteiger partial charge < -0.3 is 5.32 Å². The molecule has 3 fully saturated rings. The average Bonchev–Trinajstić information content (AvgIpc) is 3.19. The first kappa shape index (κ1) is 21.3. The highest BCUT2D eigenvalue weighted by atomic mass is 32.1. The number of amides is 1. The molecule has 3 aliphatic rings. The molecule has 3 heterocycles. The van der Waals surface area contributed by atoms with E-state index in [4.69, 9.17) is 4.98 Å². The highest BCUT2D eigenvalue weighted by Crippen LogP contribution is 2.75. The van der Waals surface area contributed by atoms with E-state index in [2.05, 4.69) is 23.4 Å². The van der Waals surface area contributed by atoms with Crippen molar-refractivity contribution in [2.45, 2.75) is 84.1 Å². The average molecular weight is 463 g/mol. The number of carbonyl (C=O) groups is 1. The second-order valence-electron chi connectivity index (χ2n) is 10.8. The second kappa shape index (κ2) is 7.66. The molecule has 33 heavy (non-hydrogen) atoms. The Labute approximate surface area is 200 Å². The van der Waals surface area contributed by atoms with Crippen LogP contribution in [0.1, 0.15) is 85.1 Å². The van der Waals surface area contributed by atoms with Crippen LogP contribution in [0.5, 0.6) is 0 Å².